The molecule has 224 valence electrons. The monoisotopic (exact) mass is 612 g/mol. The molecule has 0 spiro atoms. The number of para-hydroxylation sites is 1. The minimum absolute atomic E-state index is 0.0132. The number of piperazine rings is 1. The lowest BCUT2D eigenvalue weighted by atomic mass is 9.85. The molecule has 0 saturated carbocycles. The third kappa shape index (κ3) is 6.58. The molecule has 3 aromatic rings. The molecule has 5 rings (SSSR count). The van der Waals surface area contributed by atoms with Crippen LogP contribution in [-0.4, -0.2) is 67.8 Å². The van der Waals surface area contributed by atoms with Crippen LogP contribution >= 0.6 is 23.2 Å². The van der Waals surface area contributed by atoms with Gasteiger partial charge in [0.25, 0.3) is 5.91 Å². The van der Waals surface area contributed by atoms with E-state index in [0.29, 0.717) is 47.4 Å². The second-order valence-electron chi connectivity index (χ2n) is 12.5. The Kier molecular flexibility index (Phi) is 8.83. The Bertz CT molecular complexity index is 1440. The summed E-state index contributed by atoms with van der Waals surface area (Å²) in [4.78, 5) is 30.6. The lowest BCUT2D eigenvalue weighted by Gasteiger charge is -2.44. The van der Waals surface area contributed by atoms with Crippen molar-refractivity contribution in [3.05, 3.63) is 75.5 Å². The van der Waals surface area contributed by atoms with Crippen LogP contribution in [0.5, 0.6) is 5.75 Å². The maximum absolute atomic E-state index is 13.7. The number of amides is 2. The Morgan fingerprint density at radius 2 is 1.81 bits per heavy atom. The predicted octanol–water partition coefficient (Wildman–Crippen LogP) is 5.37. The van der Waals surface area contributed by atoms with E-state index in [1.165, 1.54) is 0 Å². The van der Waals surface area contributed by atoms with Crippen LogP contribution in [0.25, 0.3) is 0 Å². The molecule has 2 aromatic carbocycles. The van der Waals surface area contributed by atoms with E-state index in [9.17, 15) is 9.59 Å². The summed E-state index contributed by atoms with van der Waals surface area (Å²) < 4.78 is 7.75. The van der Waals surface area contributed by atoms with Crippen LogP contribution in [0.4, 0.5) is 0 Å². The number of ether oxygens (including phenoxy) is 1. The Labute approximate surface area is 257 Å². The molecule has 11 heteroatoms. The molecule has 1 aromatic heterocycles. The van der Waals surface area contributed by atoms with Gasteiger partial charge in [-0.2, -0.15) is 0 Å². The summed E-state index contributed by atoms with van der Waals surface area (Å²) in [6.07, 6.45) is 2.57. The van der Waals surface area contributed by atoms with Gasteiger partial charge >= 0.3 is 0 Å². The fourth-order valence-corrected chi connectivity index (χ4v) is 6.21. The van der Waals surface area contributed by atoms with Crippen molar-refractivity contribution in [3.8, 4) is 5.75 Å². The molecular weight excluding hydrogens is 575 g/mol. The molecule has 2 aliphatic heterocycles. The van der Waals surface area contributed by atoms with Crippen LogP contribution in [0.15, 0.2) is 48.7 Å². The Balaban J connectivity index is 1.22. The SMILES string of the molecule is C[C@@H]1CN(C(=O)c2ccccc2OCc2ccc(Cl)cc2Cl)C[C@H](C)N1Cc1cn(C2CC(C(C)(C)C)NC2=O)nn1. The summed E-state index contributed by atoms with van der Waals surface area (Å²) in [6.45, 7) is 12.5. The minimum Gasteiger partial charge on any atom is -0.488 e. The van der Waals surface area contributed by atoms with Crippen molar-refractivity contribution in [3.63, 3.8) is 0 Å². The van der Waals surface area contributed by atoms with Crippen molar-refractivity contribution in [1.82, 2.24) is 30.1 Å². The highest BCUT2D eigenvalue weighted by Crippen LogP contribution is 2.32. The summed E-state index contributed by atoms with van der Waals surface area (Å²) in [6, 6.07) is 12.5. The van der Waals surface area contributed by atoms with E-state index >= 15 is 0 Å². The van der Waals surface area contributed by atoms with Crippen molar-refractivity contribution in [2.24, 2.45) is 5.41 Å². The van der Waals surface area contributed by atoms with Crippen LogP contribution in [0, 0.1) is 5.41 Å². The Morgan fingerprint density at radius 3 is 2.48 bits per heavy atom. The van der Waals surface area contributed by atoms with Gasteiger partial charge in [-0.15, -0.1) is 5.10 Å². The van der Waals surface area contributed by atoms with Crippen LogP contribution in [-0.2, 0) is 17.9 Å². The van der Waals surface area contributed by atoms with Gasteiger partial charge in [0.1, 0.15) is 18.4 Å². The molecular formula is C31H38Cl2N6O3. The number of carbonyl (C=O) groups excluding carboxylic acids is 2. The molecule has 1 N–H and O–H groups in total. The maximum atomic E-state index is 13.7. The number of nitrogens with one attached hydrogen (secondary N) is 1. The Hall–Kier alpha value is -3.14. The highest BCUT2D eigenvalue weighted by molar-refractivity contribution is 6.35. The third-order valence-corrected chi connectivity index (χ3v) is 8.84. The van der Waals surface area contributed by atoms with E-state index in [0.717, 1.165) is 11.3 Å². The lowest BCUT2D eigenvalue weighted by Crippen LogP contribution is -2.57. The molecule has 4 atom stereocenters. The predicted molar refractivity (Wildman–Crippen MR) is 163 cm³/mol. The van der Waals surface area contributed by atoms with Crippen molar-refractivity contribution in [1.29, 1.82) is 0 Å². The van der Waals surface area contributed by atoms with Gasteiger partial charge in [-0.05, 0) is 49.9 Å². The Morgan fingerprint density at radius 1 is 1.10 bits per heavy atom. The first-order valence-corrected chi connectivity index (χ1v) is 15.1. The molecule has 2 unspecified atom stereocenters. The van der Waals surface area contributed by atoms with Crippen molar-refractivity contribution < 1.29 is 14.3 Å². The van der Waals surface area contributed by atoms with E-state index < -0.39 is 0 Å². The third-order valence-electron chi connectivity index (χ3n) is 8.25. The molecule has 3 heterocycles. The first kappa shape index (κ1) is 30.3. The van der Waals surface area contributed by atoms with E-state index in [1.54, 1.807) is 28.9 Å². The lowest BCUT2D eigenvalue weighted by molar-refractivity contribution is -0.122. The number of hydrogen-bond acceptors (Lipinski definition) is 6. The number of nitrogens with zero attached hydrogens (tertiary/aromatic N) is 5. The van der Waals surface area contributed by atoms with Crippen LogP contribution < -0.4 is 10.1 Å². The molecule has 42 heavy (non-hydrogen) atoms. The van der Waals surface area contributed by atoms with E-state index in [1.807, 2.05) is 29.3 Å². The van der Waals surface area contributed by atoms with E-state index in [2.05, 4.69) is 55.1 Å². The van der Waals surface area contributed by atoms with Gasteiger partial charge in [-0.25, -0.2) is 4.68 Å². The fourth-order valence-electron chi connectivity index (χ4n) is 5.75. The topological polar surface area (TPSA) is 92.6 Å². The summed E-state index contributed by atoms with van der Waals surface area (Å²) in [5.74, 6) is 0.427. The average Bonchev–Trinajstić information content (AvgIpc) is 3.56. The van der Waals surface area contributed by atoms with Crippen LogP contribution in [0.2, 0.25) is 10.0 Å². The number of aromatic nitrogens is 3. The largest absolute Gasteiger partial charge is 0.488 e. The zero-order valence-electron chi connectivity index (χ0n) is 24.7. The van der Waals surface area contributed by atoms with Gasteiger partial charge in [-0.1, -0.05) is 67.4 Å². The molecule has 0 bridgehead atoms. The average molecular weight is 614 g/mol. The standard InChI is InChI=1S/C31H38Cl2N6O3/c1-19-14-37(30(41)24-8-6-7-9-27(24)42-18-21-10-11-22(32)12-25(21)33)15-20(2)38(19)16-23-17-39(36-35-23)26-13-28(31(3,4)5)34-29(26)40/h6-12,17,19-20,26,28H,13-16,18H2,1-5H3,(H,34,40)/t19-,20+,26?,28?. The number of hydrogen-bond donors (Lipinski definition) is 1. The van der Waals surface area contributed by atoms with E-state index in [-0.39, 0.29) is 48.0 Å². The summed E-state index contributed by atoms with van der Waals surface area (Å²) in [5, 5.41) is 12.9. The molecule has 2 amide bonds. The van der Waals surface area contributed by atoms with Gasteiger partial charge in [0.05, 0.1) is 17.5 Å². The summed E-state index contributed by atoms with van der Waals surface area (Å²) >= 11 is 12.3. The molecule has 0 aliphatic carbocycles. The number of rotatable bonds is 7. The smallest absolute Gasteiger partial charge is 0.257 e. The number of carbonyl (C=O) groups is 2. The number of benzene rings is 2. The first-order valence-electron chi connectivity index (χ1n) is 14.3. The van der Waals surface area contributed by atoms with E-state index in [4.69, 9.17) is 27.9 Å². The maximum Gasteiger partial charge on any atom is 0.257 e. The van der Waals surface area contributed by atoms with Crippen molar-refractivity contribution >= 4 is 35.0 Å². The summed E-state index contributed by atoms with van der Waals surface area (Å²) in [5.41, 5.74) is 2.09. The highest BCUT2D eigenvalue weighted by Gasteiger charge is 2.40. The molecule has 2 saturated heterocycles. The van der Waals surface area contributed by atoms with Crippen LogP contribution in [0.3, 0.4) is 0 Å². The van der Waals surface area contributed by atoms with Gasteiger partial charge in [0.2, 0.25) is 5.91 Å². The molecule has 0 radical (unpaired) electrons. The molecule has 9 nitrogen and oxygen atoms in total. The second-order valence-corrected chi connectivity index (χ2v) is 13.3. The molecule has 2 fully saturated rings. The highest BCUT2D eigenvalue weighted by atomic mass is 35.5. The summed E-state index contributed by atoms with van der Waals surface area (Å²) in [7, 11) is 0. The second kappa shape index (κ2) is 12.2. The minimum atomic E-state index is -0.349. The van der Waals surface area contributed by atoms with Gasteiger partial charge in [-0.3, -0.25) is 14.5 Å². The quantitative estimate of drug-likeness (QED) is 0.385. The normalized spacial score (nSPS) is 23.2. The van der Waals surface area contributed by atoms with Gasteiger partial charge in [0, 0.05) is 53.4 Å². The van der Waals surface area contributed by atoms with Gasteiger partial charge < -0.3 is 15.0 Å². The fraction of sp³-hybridized carbons (Fsp3) is 0.484. The van der Waals surface area contributed by atoms with Crippen molar-refractivity contribution in [2.45, 2.75) is 78.4 Å². The zero-order valence-corrected chi connectivity index (χ0v) is 26.2. The number of halogens is 2. The molecule has 2 aliphatic rings. The van der Waals surface area contributed by atoms with Crippen molar-refractivity contribution in [2.75, 3.05) is 13.1 Å². The first-order chi connectivity index (χ1) is 19.9. The zero-order chi connectivity index (χ0) is 30.2. The van der Waals surface area contributed by atoms with Gasteiger partial charge in [0.15, 0.2) is 0 Å². The van der Waals surface area contributed by atoms with Crippen LogP contribution in [0.1, 0.15) is 68.7 Å².